The van der Waals surface area contributed by atoms with Crippen LogP contribution in [0.5, 0.6) is 0 Å². The lowest BCUT2D eigenvalue weighted by molar-refractivity contribution is -0.118. The van der Waals surface area contributed by atoms with Gasteiger partial charge >= 0.3 is 0 Å². The molecule has 1 unspecified atom stereocenters. The van der Waals surface area contributed by atoms with Crippen molar-refractivity contribution in [3.8, 4) is 0 Å². The first-order valence-corrected chi connectivity index (χ1v) is 7.18. The number of anilines is 1. The fourth-order valence-corrected chi connectivity index (χ4v) is 3.36. The average molecular weight is 297 g/mol. The zero-order chi connectivity index (χ0) is 14.8. The second-order valence-corrected chi connectivity index (χ2v) is 6.38. The number of amidine groups is 1. The fourth-order valence-electron chi connectivity index (χ4n) is 2.15. The first-order valence-electron chi connectivity index (χ1n) is 6.20. The van der Waals surface area contributed by atoms with Crippen molar-refractivity contribution in [3.63, 3.8) is 0 Å². The van der Waals surface area contributed by atoms with Crippen molar-refractivity contribution in [3.05, 3.63) is 29.6 Å². The van der Waals surface area contributed by atoms with Crippen LogP contribution in [-0.2, 0) is 4.79 Å². The van der Waals surface area contributed by atoms with Gasteiger partial charge in [0.2, 0.25) is 5.91 Å². The van der Waals surface area contributed by atoms with Gasteiger partial charge in [-0.25, -0.2) is 4.39 Å². The highest BCUT2D eigenvalue weighted by Gasteiger charge is 2.37. The van der Waals surface area contributed by atoms with E-state index in [2.05, 4.69) is 10.5 Å². The molecule has 0 bridgehead atoms. The summed E-state index contributed by atoms with van der Waals surface area (Å²) in [4.78, 5) is 12.3. The number of nitrogens with one attached hydrogen (secondary N) is 1. The third-order valence-electron chi connectivity index (χ3n) is 3.32. The van der Waals surface area contributed by atoms with E-state index in [0.717, 1.165) is 18.6 Å². The van der Waals surface area contributed by atoms with Crippen LogP contribution in [0.15, 0.2) is 23.4 Å². The lowest BCUT2D eigenvalue weighted by Crippen LogP contribution is -2.35. The standard InChI is InChI=1S/C13H16FN3O2S/c1-13(6-3-7-20-13)12(18)16-9-5-2-4-8(14)10(9)11(15)17-19/h2,4-5,19H,3,6-7H2,1H3,(H2,15,17)(H,16,18). The van der Waals surface area contributed by atoms with Crippen molar-refractivity contribution >= 4 is 29.2 Å². The highest BCUT2D eigenvalue weighted by Crippen LogP contribution is 2.38. The molecule has 0 saturated carbocycles. The Morgan fingerprint density at radius 3 is 2.95 bits per heavy atom. The molecule has 0 aliphatic carbocycles. The number of carbonyl (C=O) groups is 1. The zero-order valence-corrected chi connectivity index (χ0v) is 11.8. The van der Waals surface area contributed by atoms with Crippen LogP contribution in [0, 0.1) is 5.82 Å². The summed E-state index contributed by atoms with van der Waals surface area (Å²) < 4.78 is 13.3. The van der Waals surface area contributed by atoms with Gasteiger partial charge < -0.3 is 16.3 Å². The Labute approximate surface area is 120 Å². The Morgan fingerprint density at radius 2 is 2.35 bits per heavy atom. The first kappa shape index (κ1) is 14.6. The van der Waals surface area contributed by atoms with E-state index < -0.39 is 10.6 Å². The number of halogens is 1. The summed E-state index contributed by atoms with van der Waals surface area (Å²) in [5.74, 6) is -0.289. The minimum atomic E-state index is -0.651. The van der Waals surface area contributed by atoms with Crippen LogP contribution in [0.25, 0.3) is 0 Å². The van der Waals surface area contributed by atoms with E-state index in [9.17, 15) is 9.18 Å². The van der Waals surface area contributed by atoms with E-state index in [0.29, 0.717) is 0 Å². The number of thioether (sulfide) groups is 1. The SMILES string of the molecule is CC1(C(=O)Nc2cccc(F)c2/C(N)=N/O)CCCS1. The average Bonchev–Trinajstić information content (AvgIpc) is 2.86. The van der Waals surface area contributed by atoms with Crippen molar-refractivity contribution in [1.82, 2.24) is 0 Å². The third kappa shape index (κ3) is 2.72. The van der Waals surface area contributed by atoms with Gasteiger partial charge in [0.15, 0.2) is 5.84 Å². The molecule has 1 aromatic carbocycles. The number of carbonyl (C=O) groups excluding carboxylic acids is 1. The summed E-state index contributed by atoms with van der Waals surface area (Å²) in [6, 6.07) is 4.18. The minimum Gasteiger partial charge on any atom is -0.409 e. The van der Waals surface area contributed by atoms with Gasteiger partial charge in [-0.2, -0.15) is 0 Å². The van der Waals surface area contributed by atoms with Gasteiger partial charge in [0.1, 0.15) is 5.82 Å². The molecule has 0 aromatic heterocycles. The predicted molar refractivity (Wildman–Crippen MR) is 77.6 cm³/mol. The maximum atomic E-state index is 13.8. The number of hydrogen-bond donors (Lipinski definition) is 3. The lowest BCUT2D eigenvalue weighted by Gasteiger charge is -2.22. The monoisotopic (exact) mass is 297 g/mol. The van der Waals surface area contributed by atoms with Gasteiger partial charge in [0.05, 0.1) is 16.0 Å². The molecule has 5 nitrogen and oxygen atoms in total. The summed E-state index contributed by atoms with van der Waals surface area (Å²) >= 11 is 1.58. The van der Waals surface area contributed by atoms with Gasteiger partial charge in [-0.05, 0) is 37.7 Å². The van der Waals surface area contributed by atoms with Crippen molar-refractivity contribution in [1.29, 1.82) is 0 Å². The molecule has 1 aliphatic rings. The van der Waals surface area contributed by atoms with Gasteiger partial charge in [0, 0.05) is 0 Å². The Hall–Kier alpha value is -1.76. The predicted octanol–water partition coefficient (Wildman–Crippen LogP) is 2.14. The molecular weight excluding hydrogens is 281 g/mol. The number of nitrogens with two attached hydrogens (primary N) is 1. The largest absolute Gasteiger partial charge is 0.409 e. The molecular formula is C13H16FN3O2S. The lowest BCUT2D eigenvalue weighted by atomic mass is 10.0. The molecule has 1 fully saturated rings. The second-order valence-electron chi connectivity index (χ2n) is 4.78. The molecule has 1 heterocycles. The van der Waals surface area contributed by atoms with E-state index in [1.165, 1.54) is 18.2 Å². The van der Waals surface area contributed by atoms with Crippen LogP contribution in [-0.4, -0.2) is 27.4 Å². The van der Waals surface area contributed by atoms with Crippen LogP contribution in [0.3, 0.4) is 0 Å². The Morgan fingerprint density at radius 1 is 1.60 bits per heavy atom. The van der Waals surface area contributed by atoms with Gasteiger partial charge in [-0.15, -0.1) is 11.8 Å². The molecule has 0 radical (unpaired) electrons. The Balaban J connectivity index is 2.30. The first-order chi connectivity index (χ1) is 9.48. The Bertz CT molecular complexity index is 557. The molecule has 1 atom stereocenters. The summed E-state index contributed by atoms with van der Waals surface area (Å²) in [6.07, 6.45) is 1.75. The van der Waals surface area contributed by atoms with E-state index in [-0.39, 0.29) is 23.0 Å². The molecule has 1 aromatic rings. The smallest absolute Gasteiger partial charge is 0.240 e. The maximum absolute atomic E-state index is 13.8. The number of rotatable bonds is 3. The number of hydrogen-bond acceptors (Lipinski definition) is 4. The van der Waals surface area contributed by atoms with Gasteiger partial charge in [0.25, 0.3) is 0 Å². The normalized spacial score (nSPS) is 22.8. The molecule has 1 aliphatic heterocycles. The summed E-state index contributed by atoms with van der Waals surface area (Å²) in [6.45, 7) is 1.86. The van der Waals surface area contributed by atoms with Gasteiger partial charge in [-0.3, -0.25) is 4.79 Å². The van der Waals surface area contributed by atoms with Crippen LogP contribution in [0.2, 0.25) is 0 Å². The molecule has 7 heteroatoms. The number of amides is 1. The number of oxime groups is 1. The van der Waals surface area contributed by atoms with Crippen molar-refractivity contribution < 1.29 is 14.4 Å². The Kier molecular flexibility index (Phi) is 4.17. The number of nitrogens with zero attached hydrogens (tertiary/aromatic N) is 1. The van der Waals surface area contributed by atoms with Crippen molar-refractivity contribution in [2.24, 2.45) is 10.9 Å². The topological polar surface area (TPSA) is 87.7 Å². The quantitative estimate of drug-likeness (QED) is 0.345. The maximum Gasteiger partial charge on any atom is 0.240 e. The summed E-state index contributed by atoms with van der Waals surface area (Å²) in [5, 5.41) is 14.2. The molecule has 108 valence electrons. The summed E-state index contributed by atoms with van der Waals surface area (Å²) in [5.41, 5.74) is 5.57. The highest BCUT2D eigenvalue weighted by molar-refractivity contribution is 8.01. The van der Waals surface area contributed by atoms with Crippen LogP contribution < -0.4 is 11.1 Å². The van der Waals surface area contributed by atoms with Crippen LogP contribution in [0.1, 0.15) is 25.3 Å². The van der Waals surface area contributed by atoms with E-state index in [4.69, 9.17) is 10.9 Å². The molecule has 20 heavy (non-hydrogen) atoms. The molecule has 0 spiro atoms. The molecule has 2 rings (SSSR count). The van der Waals surface area contributed by atoms with Crippen molar-refractivity contribution in [2.75, 3.05) is 11.1 Å². The zero-order valence-electron chi connectivity index (χ0n) is 11.0. The van der Waals surface area contributed by atoms with E-state index >= 15 is 0 Å². The van der Waals surface area contributed by atoms with Crippen LogP contribution in [0.4, 0.5) is 10.1 Å². The molecule has 4 N–H and O–H groups in total. The fraction of sp³-hybridized carbons (Fsp3) is 0.385. The number of benzene rings is 1. The van der Waals surface area contributed by atoms with Crippen LogP contribution >= 0.6 is 11.8 Å². The summed E-state index contributed by atoms with van der Waals surface area (Å²) in [7, 11) is 0. The van der Waals surface area contributed by atoms with E-state index in [1.54, 1.807) is 11.8 Å². The highest BCUT2D eigenvalue weighted by atomic mass is 32.2. The minimum absolute atomic E-state index is 0.102. The second kappa shape index (κ2) is 5.70. The van der Waals surface area contributed by atoms with E-state index in [1.807, 2.05) is 6.92 Å². The van der Waals surface area contributed by atoms with Gasteiger partial charge in [-0.1, -0.05) is 11.2 Å². The van der Waals surface area contributed by atoms with Crippen molar-refractivity contribution in [2.45, 2.75) is 24.5 Å². The molecule has 1 amide bonds. The molecule has 1 saturated heterocycles. The third-order valence-corrected chi connectivity index (χ3v) is 4.84.